The molecule has 0 saturated heterocycles. The third kappa shape index (κ3) is 5.63. The molecule has 15 heavy (non-hydrogen) atoms. The molecule has 0 aliphatic heterocycles. The van der Waals surface area contributed by atoms with Crippen molar-refractivity contribution in [3.63, 3.8) is 0 Å². The molecule has 3 N–H and O–H groups in total. The standard InChI is InChI=1S/C10H23NO3Si/c1-14-15(12,13)9-5-8-11-10-6-3-2-4-7-10/h10-13H,2-9H2,1H3. The minimum absolute atomic E-state index is 0.392. The number of hydrogen-bond acceptors (Lipinski definition) is 4. The zero-order valence-electron chi connectivity index (χ0n) is 9.54. The molecule has 0 bridgehead atoms. The Morgan fingerprint density at radius 2 is 1.93 bits per heavy atom. The second-order valence-electron chi connectivity index (χ2n) is 4.34. The highest BCUT2D eigenvalue weighted by Crippen LogP contribution is 2.17. The summed E-state index contributed by atoms with van der Waals surface area (Å²) >= 11 is 0. The number of nitrogens with one attached hydrogen (secondary N) is 1. The van der Waals surface area contributed by atoms with Crippen LogP contribution in [0, 0.1) is 0 Å². The van der Waals surface area contributed by atoms with Crippen LogP contribution in [0.5, 0.6) is 0 Å². The molecular formula is C10H23NO3Si. The van der Waals surface area contributed by atoms with Gasteiger partial charge in [-0.05, 0) is 25.8 Å². The van der Waals surface area contributed by atoms with Crippen molar-refractivity contribution < 1.29 is 14.0 Å². The average molecular weight is 233 g/mol. The summed E-state index contributed by atoms with van der Waals surface area (Å²) in [4.78, 5) is 18.6. The summed E-state index contributed by atoms with van der Waals surface area (Å²) in [5.41, 5.74) is 0. The fraction of sp³-hybridized carbons (Fsp3) is 1.00. The van der Waals surface area contributed by atoms with Crippen molar-refractivity contribution in [2.45, 2.75) is 50.6 Å². The van der Waals surface area contributed by atoms with E-state index in [1.165, 1.54) is 39.2 Å². The Kier molecular flexibility index (Phi) is 5.77. The summed E-state index contributed by atoms with van der Waals surface area (Å²) in [6.07, 6.45) is 7.34. The first-order valence-electron chi connectivity index (χ1n) is 5.87. The summed E-state index contributed by atoms with van der Waals surface area (Å²) in [6, 6.07) is 1.04. The van der Waals surface area contributed by atoms with E-state index in [0.717, 1.165) is 13.0 Å². The van der Waals surface area contributed by atoms with E-state index >= 15 is 0 Å². The smallest absolute Gasteiger partial charge is 0.390 e. The lowest BCUT2D eigenvalue weighted by Gasteiger charge is -2.23. The van der Waals surface area contributed by atoms with Crippen LogP contribution in [0.2, 0.25) is 6.04 Å². The quantitative estimate of drug-likeness (QED) is 0.470. The molecule has 0 heterocycles. The van der Waals surface area contributed by atoms with Gasteiger partial charge in [-0.15, -0.1) is 0 Å². The van der Waals surface area contributed by atoms with Gasteiger partial charge in [-0.3, -0.25) is 0 Å². The van der Waals surface area contributed by atoms with E-state index in [0.29, 0.717) is 12.1 Å². The van der Waals surface area contributed by atoms with Crippen LogP contribution in [-0.2, 0) is 4.43 Å². The van der Waals surface area contributed by atoms with Gasteiger partial charge in [-0.1, -0.05) is 19.3 Å². The van der Waals surface area contributed by atoms with Crippen LogP contribution in [0.25, 0.3) is 0 Å². The van der Waals surface area contributed by atoms with Gasteiger partial charge in [-0.25, -0.2) is 0 Å². The Bertz CT molecular complexity index is 172. The fourth-order valence-corrected chi connectivity index (χ4v) is 2.88. The highest BCUT2D eigenvalue weighted by Gasteiger charge is 2.29. The Morgan fingerprint density at radius 1 is 1.27 bits per heavy atom. The SMILES string of the molecule is CO[Si](O)(O)CCCNC1CCCCC1. The highest BCUT2D eigenvalue weighted by atomic mass is 28.4. The van der Waals surface area contributed by atoms with E-state index in [2.05, 4.69) is 9.74 Å². The van der Waals surface area contributed by atoms with Crippen molar-refractivity contribution >= 4 is 8.80 Å². The van der Waals surface area contributed by atoms with Gasteiger partial charge in [0.1, 0.15) is 0 Å². The lowest BCUT2D eigenvalue weighted by molar-refractivity contribution is 0.183. The zero-order valence-corrected chi connectivity index (χ0v) is 10.5. The molecule has 90 valence electrons. The molecule has 0 spiro atoms. The van der Waals surface area contributed by atoms with Crippen LogP contribution in [0.3, 0.4) is 0 Å². The molecule has 0 aromatic heterocycles. The zero-order chi connectivity index (χ0) is 11.1. The van der Waals surface area contributed by atoms with Crippen molar-refractivity contribution in [1.82, 2.24) is 5.32 Å². The van der Waals surface area contributed by atoms with Crippen molar-refractivity contribution in [2.24, 2.45) is 0 Å². The molecular weight excluding hydrogens is 210 g/mol. The van der Waals surface area contributed by atoms with Crippen molar-refractivity contribution in [2.75, 3.05) is 13.7 Å². The van der Waals surface area contributed by atoms with E-state index in [1.54, 1.807) is 0 Å². The van der Waals surface area contributed by atoms with Crippen molar-refractivity contribution in [3.05, 3.63) is 0 Å². The topological polar surface area (TPSA) is 61.7 Å². The maximum Gasteiger partial charge on any atom is 0.495 e. The van der Waals surface area contributed by atoms with Gasteiger partial charge in [-0.2, -0.15) is 0 Å². The van der Waals surface area contributed by atoms with Gasteiger partial charge in [0.2, 0.25) is 0 Å². The first-order valence-corrected chi connectivity index (χ1v) is 7.88. The summed E-state index contributed by atoms with van der Waals surface area (Å²) < 4.78 is 4.65. The second kappa shape index (κ2) is 6.60. The molecule has 0 aromatic carbocycles. The number of hydrogen-bond donors (Lipinski definition) is 3. The summed E-state index contributed by atoms with van der Waals surface area (Å²) in [5, 5.41) is 3.46. The third-order valence-corrected chi connectivity index (χ3v) is 4.70. The monoisotopic (exact) mass is 233 g/mol. The fourth-order valence-electron chi connectivity index (χ4n) is 2.03. The molecule has 1 fully saturated rings. The number of rotatable bonds is 6. The maximum absolute atomic E-state index is 9.30. The molecule has 0 amide bonds. The molecule has 0 aromatic rings. The Balaban J connectivity index is 2.00. The second-order valence-corrected chi connectivity index (χ2v) is 6.73. The maximum atomic E-state index is 9.30. The van der Waals surface area contributed by atoms with Gasteiger partial charge in [0.05, 0.1) is 0 Å². The van der Waals surface area contributed by atoms with E-state index < -0.39 is 8.80 Å². The molecule has 1 aliphatic carbocycles. The van der Waals surface area contributed by atoms with Gasteiger partial charge < -0.3 is 19.3 Å². The Hall–Kier alpha value is 0.0569. The largest absolute Gasteiger partial charge is 0.495 e. The van der Waals surface area contributed by atoms with E-state index in [-0.39, 0.29) is 0 Å². The van der Waals surface area contributed by atoms with Crippen LogP contribution in [0.15, 0.2) is 0 Å². The first kappa shape index (κ1) is 13.1. The van der Waals surface area contributed by atoms with E-state index in [1.807, 2.05) is 0 Å². The van der Waals surface area contributed by atoms with Gasteiger partial charge in [0.15, 0.2) is 0 Å². The lowest BCUT2D eigenvalue weighted by atomic mass is 9.95. The Labute approximate surface area is 93.0 Å². The first-order chi connectivity index (χ1) is 7.14. The van der Waals surface area contributed by atoms with E-state index in [9.17, 15) is 9.59 Å². The van der Waals surface area contributed by atoms with Crippen LogP contribution < -0.4 is 5.32 Å². The predicted octanol–water partition coefficient (Wildman–Crippen LogP) is 0.869. The van der Waals surface area contributed by atoms with Crippen molar-refractivity contribution in [1.29, 1.82) is 0 Å². The van der Waals surface area contributed by atoms with Gasteiger partial charge >= 0.3 is 8.80 Å². The van der Waals surface area contributed by atoms with E-state index in [4.69, 9.17) is 0 Å². The molecule has 5 heteroatoms. The van der Waals surface area contributed by atoms with Gasteiger partial charge in [0.25, 0.3) is 0 Å². The molecule has 0 atom stereocenters. The Morgan fingerprint density at radius 3 is 2.53 bits per heavy atom. The lowest BCUT2D eigenvalue weighted by Crippen LogP contribution is -2.39. The summed E-state index contributed by atoms with van der Waals surface area (Å²) in [6.45, 7) is 0.865. The summed E-state index contributed by atoms with van der Waals surface area (Å²) in [5.74, 6) is 0. The normalized spacial score (nSPS) is 19.4. The molecule has 1 saturated carbocycles. The molecule has 1 aliphatic rings. The average Bonchev–Trinajstić information content (AvgIpc) is 2.26. The molecule has 1 rings (SSSR count). The minimum atomic E-state index is -3.30. The molecule has 0 radical (unpaired) electrons. The molecule has 4 nitrogen and oxygen atoms in total. The highest BCUT2D eigenvalue weighted by molar-refractivity contribution is 6.57. The van der Waals surface area contributed by atoms with Gasteiger partial charge in [0, 0.05) is 19.2 Å². The van der Waals surface area contributed by atoms with Crippen molar-refractivity contribution in [3.8, 4) is 0 Å². The predicted molar refractivity (Wildman–Crippen MR) is 61.5 cm³/mol. The van der Waals surface area contributed by atoms with Crippen LogP contribution in [-0.4, -0.2) is 38.1 Å². The molecule has 0 unspecified atom stereocenters. The van der Waals surface area contributed by atoms with Crippen LogP contribution >= 0.6 is 0 Å². The minimum Gasteiger partial charge on any atom is -0.390 e. The third-order valence-electron chi connectivity index (χ3n) is 3.04. The van der Waals surface area contributed by atoms with Crippen LogP contribution in [0.1, 0.15) is 38.5 Å². The van der Waals surface area contributed by atoms with Crippen LogP contribution in [0.4, 0.5) is 0 Å². The summed E-state index contributed by atoms with van der Waals surface area (Å²) in [7, 11) is -1.94.